The smallest absolute Gasteiger partial charge is 0.245 e. The van der Waals surface area contributed by atoms with Crippen molar-refractivity contribution in [2.45, 2.75) is 51.2 Å². The average Bonchev–Trinajstić information content (AvgIpc) is 3.14. The number of nitrogens with zero attached hydrogens (tertiary/aromatic N) is 5. The van der Waals surface area contributed by atoms with E-state index in [0.29, 0.717) is 17.6 Å². The Kier molecular flexibility index (Phi) is 3.78. The molecule has 4 rings (SSSR count). The number of anilines is 1. The molecule has 1 saturated carbocycles. The predicted octanol–water partition coefficient (Wildman–Crippen LogP) is 1.42. The van der Waals surface area contributed by atoms with Gasteiger partial charge in [0.25, 0.3) is 0 Å². The quantitative estimate of drug-likeness (QED) is 0.838. The molecule has 0 radical (unpaired) electrons. The van der Waals surface area contributed by atoms with E-state index in [4.69, 9.17) is 9.47 Å². The lowest BCUT2D eigenvalue weighted by Crippen LogP contribution is -2.44. The summed E-state index contributed by atoms with van der Waals surface area (Å²) in [5.41, 5.74) is 0.437. The molecule has 122 valence electrons. The highest BCUT2D eigenvalue weighted by Crippen LogP contribution is 2.50. The molecule has 7 heteroatoms. The van der Waals surface area contributed by atoms with Crippen molar-refractivity contribution in [3.63, 3.8) is 0 Å². The topological polar surface area (TPSA) is 65.3 Å². The molecular formula is C15H25N5O2. The lowest BCUT2D eigenvalue weighted by Gasteiger charge is -2.44. The second kappa shape index (κ2) is 5.77. The van der Waals surface area contributed by atoms with E-state index in [9.17, 15) is 0 Å². The molecule has 0 aromatic carbocycles. The van der Waals surface area contributed by atoms with Crippen LogP contribution in [-0.2, 0) is 9.47 Å². The van der Waals surface area contributed by atoms with E-state index in [1.54, 1.807) is 0 Å². The Morgan fingerprint density at radius 2 is 2.14 bits per heavy atom. The van der Waals surface area contributed by atoms with Crippen LogP contribution in [0.3, 0.4) is 0 Å². The summed E-state index contributed by atoms with van der Waals surface area (Å²) in [6, 6.07) is 0.382. The lowest BCUT2D eigenvalue weighted by atomic mass is 9.66. The number of rotatable bonds is 4. The van der Waals surface area contributed by atoms with Gasteiger partial charge in [-0.25, -0.2) is 4.68 Å². The monoisotopic (exact) mass is 307 g/mol. The summed E-state index contributed by atoms with van der Waals surface area (Å²) < 4.78 is 13.2. The predicted molar refractivity (Wildman–Crippen MR) is 80.8 cm³/mol. The molecule has 0 bridgehead atoms. The van der Waals surface area contributed by atoms with E-state index in [0.717, 1.165) is 51.7 Å². The fourth-order valence-electron chi connectivity index (χ4n) is 4.26. The van der Waals surface area contributed by atoms with E-state index < -0.39 is 0 Å². The van der Waals surface area contributed by atoms with Gasteiger partial charge in [0.2, 0.25) is 5.95 Å². The van der Waals surface area contributed by atoms with Crippen molar-refractivity contribution in [2.75, 3.05) is 37.8 Å². The largest absolute Gasteiger partial charge is 0.381 e. The molecule has 1 spiro atoms. The molecule has 1 aromatic rings. The minimum absolute atomic E-state index is 0.382. The Balaban J connectivity index is 1.43. The van der Waals surface area contributed by atoms with Crippen LogP contribution in [-0.4, -0.2) is 59.2 Å². The first kappa shape index (κ1) is 14.4. The van der Waals surface area contributed by atoms with Gasteiger partial charge in [0, 0.05) is 32.9 Å². The molecule has 0 atom stereocenters. The fraction of sp³-hybridized carbons (Fsp3) is 0.933. The highest BCUT2D eigenvalue weighted by Gasteiger charge is 2.49. The number of hydrogen-bond acceptors (Lipinski definition) is 6. The van der Waals surface area contributed by atoms with Crippen molar-refractivity contribution < 1.29 is 9.47 Å². The lowest BCUT2D eigenvalue weighted by molar-refractivity contribution is -0.0670. The molecule has 1 aromatic heterocycles. The summed E-state index contributed by atoms with van der Waals surface area (Å²) in [7, 11) is 0. The van der Waals surface area contributed by atoms with Crippen LogP contribution in [0.4, 0.5) is 5.95 Å². The molecule has 7 nitrogen and oxygen atoms in total. The zero-order chi connectivity index (χ0) is 15.0. The van der Waals surface area contributed by atoms with E-state index in [-0.39, 0.29) is 0 Å². The van der Waals surface area contributed by atoms with Gasteiger partial charge in [0.15, 0.2) is 0 Å². The Labute approximate surface area is 130 Å². The maximum atomic E-state index is 5.73. The van der Waals surface area contributed by atoms with Gasteiger partial charge in [-0.1, -0.05) is 5.10 Å². The number of hydrogen-bond donors (Lipinski definition) is 0. The minimum Gasteiger partial charge on any atom is -0.381 e. The van der Waals surface area contributed by atoms with Crippen molar-refractivity contribution in [1.29, 1.82) is 0 Å². The molecular weight excluding hydrogens is 282 g/mol. The van der Waals surface area contributed by atoms with Crippen LogP contribution >= 0.6 is 0 Å². The van der Waals surface area contributed by atoms with Gasteiger partial charge in [-0.3, -0.25) is 0 Å². The summed E-state index contributed by atoms with van der Waals surface area (Å²) in [4.78, 5) is 2.37. The third-order valence-electron chi connectivity index (χ3n) is 5.46. The van der Waals surface area contributed by atoms with Crippen LogP contribution in [0.25, 0.3) is 0 Å². The molecule has 3 aliphatic rings. The Hall–Kier alpha value is -1.21. The molecule has 1 aliphatic carbocycles. The molecule has 2 aliphatic heterocycles. The van der Waals surface area contributed by atoms with Gasteiger partial charge in [-0.15, -0.1) is 0 Å². The highest BCUT2D eigenvalue weighted by molar-refractivity contribution is 5.33. The summed E-state index contributed by atoms with van der Waals surface area (Å²) in [5.74, 6) is 0.948. The first-order valence-electron chi connectivity index (χ1n) is 8.52. The number of aromatic nitrogens is 4. The fourth-order valence-corrected chi connectivity index (χ4v) is 4.26. The molecule has 0 N–H and O–H groups in total. The Bertz CT molecular complexity index is 508. The van der Waals surface area contributed by atoms with Crippen LogP contribution in [0.5, 0.6) is 0 Å². The summed E-state index contributed by atoms with van der Waals surface area (Å²) in [5, 5.41) is 12.5. The van der Waals surface area contributed by atoms with Gasteiger partial charge in [0.1, 0.15) is 0 Å². The third kappa shape index (κ3) is 2.50. The molecule has 22 heavy (non-hydrogen) atoms. The van der Waals surface area contributed by atoms with Crippen LogP contribution in [0, 0.1) is 5.41 Å². The zero-order valence-electron chi connectivity index (χ0n) is 13.3. The van der Waals surface area contributed by atoms with Crippen LogP contribution in [0.2, 0.25) is 0 Å². The first-order chi connectivity index (χ1) is 10.8. The Morgan fingerprint density at radius 3 is 2.91 bits per heavy atom. The van der Waals surface area contributed by atoms with Crippen LogP contribution < -0.4 is 4.90 Å². The molecule has 3 fully saturated rings. The minimum atomic E-state index is 0.382. The van der Waals surface area contributed by atoms with Crippen LogP contribution in [0.1, 0.15) is 45.1 Å². The van der Waals surface area contributed by atoms with Crippen molar-refractivity contribution in [3.05, 3.63) is 0 Å². The second-order valence-corrected chi connectivity index (χ2v) is 6.92. The van der Waals surface area contributed by atoms with Crippen molar-refractivity contribution >= 4 is 5.95 Å². The van der Waals surface area contributed by atoms with E-state index in [1.165, 1.54) is 19.3 Å². The average molecular weight is 307 g/mol. The zero-order valence-corrected chi connectivity index (χ0v) is 13.3. The molecule has 0 amide bonds. The van der Waals surface area contributed by atoms with Gasteiger partial charge >= 0.3 is 0 Å². The van der Waals surface area contributed by atoms with E-state index in [2.05, 4.69) is 27.3 Å². The Morgan fingerprint density at radius 1 is 1.32 bits per heavy atom. The molecule has 2 saturated heterocycles. The van der Waals surface area contributed by atoms with Crippen molar-refractivity contribution in [1.82, 2.24) is 20.2 Å². The maximum Gasteiger partial charge on any atom is 0.245 e. The highest BCUT2D eigenvalue weighted by atomic mass is 16.5. The standard InChI is InChI=1S/C15H25N5O2/c1-2-22-13-9-15(10-13)5-6-19(11-15)14-16-17-18-20(14)12-3-7-21-8-4-12/h12-13H,2-11H2,1H3. The number of tetrazole rings is 1. The summed E-state index contributed by atoms with van der Waals surface area (Å²) in [6.07, 6.45) is 6.09. The van der Waals surface area contributed by atoms with Gasteiger partial charge in [-0.2, -0.15) is 0 Å². The molecule has 3 heterocycles. The van der Waals surface area contributed by atoms with Gasteiger partial charge < -0.3 is 14.4 Å². The van der Waals surface area contributed by atoms with Gasteiger partial charge in [0.05, 0.1) is 12.1 Å². The van der Waals surface area contributed by atoms with Crippen molar-refractivity contribution in [2.24, 2.45) is 5.41 Å². The molecule has 0 unspecified atom stereocenters. The van der Waals surface area contributed by atoms with Gasteiger partial charge in [-0.05, 0) is 54.9 Å². The first-order valence-corrected chi connectivity index (χ1v) is 8.52. The SMILES string of the molecule is CCOC1CC2(CCN(c3nnnn3C3CCOCC3)C2)C1. The summed E-state index contributed by atoms with van der Waals surface area (Å²) >= 11 is 0. The van der Waals surface area contributed by atoms with E-state index >= 15 is 0 Å². The number of ether oxygens (including phenoxy) is 2. The van der Waals surface area contributed by atoms with Crippen molar-refractivity contribution in [3.8, 4) is 0 Å². The maximum absolute atomic E-state index is 5.73. The normalized spacial score (nSPS) is 32.6. The second-order valence-electron chi connectivity index (χ2n) is 6.92. The third-order valence-corrected chi connectivity index (χ3v) is 5.46. The van der Waals surface area contributed by atoms with Crippen LogP contribution in [0.15, 0.2) is 0 Å². The van der Waals surface area contributed by atoms with E-state index in [1.807, 2.05) is 4.68 Å². The summed E-state index contributed by atoms with van der Waals surface area (Å²) in [6.45, 7) is 6.65.